The lowest BCUT2D eigenvalue weighted by molar-refractivity contribution is 0.660. The highest BCUT2D eigenvalue weighted by Gasteiger charge is 2.35. The molecule has 51 heavy (non-hydrogen) atoms. The topological polar surface area (TPSA) is 25.8 Å². The van der Waals surface area contributed by atoms with E-state index in [-0.39, 0.29) is 5.41 Å². The van der Waals surface area contributed by atoms with E-state index in [9.17, 15) is 0 Å². The SMILES string of the molecule is CC1(C)c2ccccc2-c2ccc(-c3cccc(-c4cccc(-c5cc(-c6cccc(-c7ccccc7)c6)nc(-c6ccccc6)n5)c4)c3)cc21. The molecule has 0 amide bonds. The predicted molar refractivity (Wildman–Crippen MR) is 212 cm³/mol. The minimum atomic E-state index is -0.0360. The third-order valence-corrected chi connectivity index (χ3v) is 10.3. The third kappa shape index (κ3) is 5.65. The van der Waals surface area contributed by atoms with Gasteiger partial charge in [0.1, 0.15) is 0 Å². The van der Waals surface area contributed by atoms with Gasteiger partial charge in [-0.05, 0) is 86.0 Å². The number of hydrogen-bond donors (Lipinski definition) is 0. The number of nitrogens with zero attached hydrogens (tertiary/aromatic N) is 2. The van der Waals surface area contributed by atoms with Crippen molar-refractivity contribution in [3.8, 4) is 78.4 Å². The number of rotatable bonds is 6. The molecule has 0 unspecified atom stereocenters. The molecule has 8 aromatic rings. The molecule has 0 radical (unpaired) electrons. The molecule has 0 atom stereocenters. The average molecular weight is 653 g/mol. The van der Waals surface area contributed by atoms with Crippen molar-refractivity contribution in [2.75, 3.05) is 0 Å². The Kier molecular flexibility index (Phi) is 7.51. The number of aromatic nitrogens is 2. The first-order valence-corrected chi connectivity index (χ1v) is 17.6. The molecule has 1 heterocycles. The molecule has 0 fully saturated rings. The minimum absolute atomic E-state index is 0.0360. The van der Waals surface area contributed by atoms with Crippen LogP contribution in [0.3, 0.4) is 0 Å². The molecule has 1 aliphatic rings. The van der Waals surface area contributed by atoms with Crippen molar-refractivity contribution in [2.45, 2.75) is 19.3 Å². The van der Waals surface area contributed by atoms with E-state index in [2.05, 4.69) is 172 Å². The van der Waals surface area contributed by atoms with Crippen LogP contribution < -0.4 is 0 Å². The molecular weight excluding hydrogens is 617 g/mol. The van der Waals surface area contributed by atoms with Crippen molar-refractivity contribution in [2.24, 2.45) is 0 Å². The molecule has 1 aliphatic carbocycles. The van der Waals surface area contributed by atoms with Gasteiger partial charge < -0.3 is 0 Å². The summed E-state index contributed by atoms with van der Waals surface area (Å²) in [6.07, 6.45) is 0. The van der Waals surface area contributed by atoms with Gasteiger partial charge in [0.15, 0.2) is 5.82 Å². The van der Waals surface area contributed by atoms with Crippen LogP contribution in [0.25, 0.3) is 78.4 Å². The molecule has 0 spiro atoms. The van der Waals surface area contributed by atoms with Crippen molar-refractivity contribution < 1.29 is 0 Å². The summed E-state index contributed by atoms with van der Waals surface area (Å²) >= 11 is 0. The fraction of sp³-hybridized carbons (Fsp3) is 0.0612. The molecule has 0 bridgehead atoms. The molecule has 7 aromatic carbocycles. The zero-order chi connectivity index (χ0) is 34.4. The smallest absolute Gasteiger partial charge is 0.160 e. The Hall–Kier alpha value is -6.38. The second kappa shape index (κ2) is 12.5. The monoisotopic (exact) mass is 652 g/mol. The fourth-order valence-electron chi connectivity index (χ4n) is 7.57. The summed E-state index contributed by atoms with van der Waals surface area (Å²) < 4.78 is 0. The maximum absolute atomic E-state index is 5.13. The van der Waals surface area contributed by atoms with Crippen LogP contribution in [-0.2, 0) is 5.41 Å². The third-order valence-electron chi connectivity index (χ3n) is 10.3. The van der Waals surface area contributed by atoms with Gasteiger partial charge >= 0.3 is 0 Å². The molecule has 0 saturated carbocycles. The quantitative estimate of drug-likeness (QED) is 0.179. The highest BCUT2D eigenvalue weighted by atomic mass is 14.9. The average Bonchev–Trinajstić information content (AvgIpc) is 3.44. The maximum Gasteiger partial charge on any atom is 0.160 e. The van der Waals surface area contributed by atoms with Gasteiger partial charge in [0, 0.05) is 22.1 Å². The van der Waals surface area contributed by atoms with Gasteiger partial charge in [-0.2, -0.15) is 0 Å². The highest BCUT2D eigenvalue weighted by Crippen LogP contribution is 2.49. The molecule has 242 valence electrons. The van der Waals surface area contributed by atoms with Crippen molar-refractivity contribution in [1.82, 2.24) is 9.97 Å². The Morgan fingerprint density at radius 3 is 1.35 bits per heavy atom. The van der Waals surface area contributed by atoms with Crippen LogP contribution in [0.2, 0.25) is 0 Å². The first-order chi connectivity index (χ1) is 25.0. The van der Waals surface area contributed by atoms with Crippen molar-refractivity contribution >= 4 is 0 Å². The van der Waals surface area contributed by atoms with Gasteiger partial charge in [-0.1, -0.05) is 166 Å². The number of hydrogen-bond acceptors (Lipinski definition) is 2. The Bertz CT molecular complexity index is 2550. The van der Waals surface area contributed by atoms with E-state index in [4.69, 9.17) is 9.97 Å². The first kappa shape index (κ1) is 30.7. The van der Waals surface area contributed by atoms with E-state index in [1.807, 2.05) is 24.3 Å². The van der Waals surface area contributed by atoms with Crippen LogP contribution in [-0.4, -0.2) is 9.97 Å². The molecule has 0 saturated heterocycles. The van der Waals surface area contributed by atoms with Crippen LogP contribution in [0.15, 0.2) is 182 Å². The summed E-state index contributed by atoms with van der Waals surface area (Å²) in [6, 6.07) is 64.9. The van der Waals surface area contributed by atoms with E-state index in [1.165, 1.54) is 44.5 Å². The summed E-state index contributed by atoms with van der Waals surface area (Å²) in [5.74, 6) is 0.710. The summed E-state index contributed by atoms with van der Waals surface area (Å²) in [5, 5.41) is 0. The van der Waals surface area contributed by atoms with Crippen LogP contribution >= 0.6 is 0 Å². The second-order valence-corrected chi connectivity index (χ2v) is 13.9. The van der Waals surface area contributed by atoms with Gasteiger partial charge in [-0.25, -0.2) is 9.97 Å². The fourth-order valence-corrected chi connectivity index (χ4v) is 7.57. The molecule has 2 nitrogen and oxygen atoms in total. The van der Waals surface area contributed by atoms with E-state index < -0.39 is 0 Å². The lowest BCUT2D eigenvalue weighted by Gasteiger charge is -2.22. The van der Waals surface area contributed by atoms with Crippen molar-refractivity contribution in [3.05, 3.63) is 193 Å². The Morgan fingerprint density at radius 1 is 0.314 bits per heavy atom. The van der Waals surface area contributed by atoms with E-state index in [1.54, 1.807) is 0 Å². The maximum atomic E-state index is 5.13. The van der Waals surface area contributed by atoms with E-state index in [0.717, 1.165) is 39.2 Å². The zero-order valence-corrected chi connectivity index (χ0v) is 28.7. The summed E-state index contributed by atoms with van der Waals surface area (Å²) in [6.45, 7) is 4.68. The summed E-state index contributed by atoms with van der Waals surface area (Å²) in [4.78, 5) is 10.2. The molecular formula is C49H36N2. The minimum Gasteiger partial charge on any atom is -0.228 e. The highest BCUT2D eigenvalue weighted by molar-refractivity contribution is 5.85. The van der Waals surface area contributed by atoms with E-state index >= 15 is 0 Å². The summed E-state index contributed by atoms with van der Waals surface area (Å²) in [5.41, 5.74) is 17.4. The molecule has 0 N–H and O–H groups in total. The van der Waals surface area contributed by atoms with Gasteiger partial charge in [-0.15, -0.1) is 0 Å². The number of fused-ring (bicyclic) bond motifs is 3. The largest absolute Gasteiger partial charge is 0.228 e. The molecule has 0 aliphatic heterocycles. The standard InChI is InChI=1S/C49H36N2/c1-49(2)44-25-10-9-24-42(44)43-27-26-39(31-45(43)49)37-20-11-19-36(28-37)38-21-13-23-41(30-38)47-32-46(50-48(51-47)34-16-7-4-8-17-34)40-22-12-18-35(29-40)33-14-5-3-6-15-33/h3-32H,1-2H3. The first-order valence-electron chi connectivity index (χ1n) is 17.6. The van der Waals surface area contributed by atoms with Crippen molar-refractivity contribution in [1.29, 1.82) is 0 Å². The molecule has 1 aromatic heterocycles. The lowest BCUT2D eigenvalue weighted by Crippen LogP contribution is -2.14. The Morgan fingerprint density at radius 2 is 0.745 bits per heavy atom. The van der Waals surface area contributed by atoms with Gasteiger partial charge in [0.05, 0.1) is 11.4 Å². The second-order valence-electron chi connectivity index (χ2n) is 13.9. The van der Waals surface area contributed by atoms with Gasteiger partial charge in [-0.3, -0.25) is 0 Å². The lowest BCUT2D eigenvalue weighted by atomic mass is 9.81. The van der Waals surface area contributed by atoms with Crippen LogP contribution in [0, 0.1) is 0 Å². The van der Waals surface area contributed by atoms with Crippen LogP contribution in [0.4, 0.5) is 0 Å². The number of benzene rings is 7. The molecule has 2 heteroatoms. The van der Waals surface area contributed by atoms with Crippen LogP contribution in [0.1, 0.15) is 25.0 Å². The zero-order valence-electron chi connectivity index (χ0n) is 28.7. The van der Waals surface area contributed by atoms with E-state index in [0.29, 0.717) is 5.82 Å². The predicted octanol–water partition coefficient (Wildman–Crippen LogP) is 12.8. The van der Waals surface area contributed by atoms with Gasteiger partial charge in [0.25, 0.3) is 0 Å². The Balaban J connectivity index is 1.10. The normalized spacial score (nSPS) is 12.7. The van der Waals surface area contributed by atoms with Crippen molar-refractivity contribution in [3.63, 3.8) is 0 Å². The van der Waals surface area contributed by atoms with Gasteiger partial charge in [0.2, 0.25) is 0 Å². The molecule has 9 rings (SSSR count). The Labute approximate surface area is 299 Å². The summed E-state index contributed by atoms with van der Waals surface area (Å²) in [7, 11) is 0. The van der Waals surface area contributed by atoms with Crippen LogP contribution in [0.5, 0.6) is 0 Å².